The van der Waals surface area contributed by atoms with Gasteiger partial charge in [0.2, 0.25) is 5.91 Å². The van der Waals surface area contributed by atoms with Gasteiger partial charge in [-0.3, -0.25) is 19.2 Å². The minimum atomic E-state index is -4.69. The Hall–Kier alpha value is -4.34. The quantitative estimate of drug-likeness (QED) is 0.220. The van der Waals surface area contributed by atoms with E-state index in [0.717, 1.165) is 42.9 Å². The van der Waals surface area contributed by atoms with E-state index < -0.39 is 23.8 Å². The Morgan fingerprint density at radius 1 is 0.981 bits per heavy atom. The van der Waals surface area contributed by atoms with Crippen LogP contribution < -0.4 is 21.6 Å². The second-order valence-electron chi connectivity index (χ2n) is 13.9. The van der Waals surface area contributed by atoms with Crippen molar-refractivity contribution in [1.82, 2.24) is 39.9 Å². The van der Waals surface area contributed by atoms with Crippen LogP contribution in [0.1, 0.15) is 42.9 Å². The van der Waals surface area contributed by atoms with Gasteiger partial charge in [0.1, 0.15) is 6.04 Å². The molecule has 0 unspecified atom stereocenters. The predicted octanol–water partition coefficient (Wildman–Crippen LogP) is 4.45. The Morgan fingerprint density at radius 3 is 2.38 bits per heavy atom. The Bertz CT molecular complexity index is 2000. The van der Waals surface area contributed by atoms with Crippen molar-refractivity contribution in [3.63, 3.8) is 0 Å². The molecule has 0 radical (unpaired) electrons. The number of H-pyrrole nitrogens is 1. The first kappa shape index (κ1) is 36.0. The van der Waals surface area contributed by atoms with Gasteiger partial charge >= 0.3 is 17.9 Å². The minimum absolute atomic E-state index is 0.127. The van der Waals surface area contributed by atoms with Crippen LogP contribution in [0.4, 0.5) is 23.7 Å². The number of pyridine rings is 1. The molecule has 3 fully saturated rings. The Balaban J connectivity index is 1.07. The summed E-state index contributed by atoms with van der Waals surface area (Å²) in [5, 5.41) is 9.50. The Morgan fingerprint density at radius 2 is 1.69 bits per heavy atom. The summed E-state index contributed by atoms with van der Waals surface area (Å²) in [7, 11) is 1.36. The minimum Gasteiger partial charge on any atom is -0.386 e. The SMILES string of the molecule is CNc1c(Cl)cc(C[C@@H](NC(=O)N2CCC(n3c(=O)[nH]c4c5ccccc5ncc43)CC2)C(=O)N2CCN(C3CCNCC3)CC2)cc1C(F)(F)F. The number of piperazine rings is 1. The first-order chi connectivity index (χ1) is 25.0. The number of imidazole rings is 1. The van der Waals surface area contributed by atoms with Gasteiger partial charge in [-0.2, -0.15) is 13.2 Å². The highest BCUT2D eigenvalue weighted by Gasteiger charge is 2.37. The van der Waals surface area contributed by atoms with Gasteiger partial charge in [0.25, 0.3) is 0 Å². The molecule has 3 saturated heterocycles. The van der Waals surface area contributed by atoms with Gasteiger partial charge in [-0.05, 0) is 62.5 Å². The fourth-order valence-electron chi connectivity index (χ4n) is 8.05. The molecular formula is C36H43ClF3N9O3. The number of carbonyl (C=O) groups is 2. The van der Waals surface area contributed by atoms with Gasteiger partial charge in [0, 0.05) is 70.2 Å². The number of hydrogen-bond donors (Lipinski definition) is 4. The normalized spacial score (nSPS) is 18.9. The molecule has 1 atom stereocenters. The smallest absolute Gasteiger partial charge is 0.386 e. The fraction of sp³-hybridized carbons (Fsp3) is 0.500. The van der Waals surface area contributed by atoms with Gasteiger partial charge in [-0.25, -0.2) is 9.59 Å². The molecule has 2 aromatic carbocycles. The number of aromatic amines is 1. The third-order valence-corrected chi connectivity index (χ3v) is 11.1. The van der Waals surface area contributed by atoms with Crippen molar-refractivity contribution in [1.29, 1.82) is 0 Å². The molecule has 5 heterocycles. The largest absolute Gasteiger partial charge is 0.418 e. The Kier molecular flexibility index (Phi) is 10.4. The second kappa shape index (κ2) is 15.0. The fourth-order valence-corrected chi connectivity index (χ4v) is 8.38. The van der Waals surface area contributed by atoms with E-state index in [4.69, 9.17) is 11.6 Å². The molecule has 52 heavy (non-hydrogen) atoms. The third kappa shape index (κ3) is 7.30. The number of fused-ring (bicyclic) bond motifs is 3. The topological polar surface area (TPSA) is 131 Å². The summed E-state index contributed by atoms with van der Waals surface area (Å²) >= 11 is 6.31. The number of piperidine rings is 2. The number of amides is 3. The molecule has 0 spiro atoms. The highest BCUT2D eigenvalue weighted by molar-refractivity contribution is 6.33. The van der Waals surface area contributed by atoms with Gasteiger partial charge in [0.15, 0.2) is 0 Å². The average molecular weight is 742 g/mol. The van der Waals surface area contributed by atoms with E-state index in [0.29, 0.717) is 69.2 Å². The average Bonchev–Trinajstić information content (AvgIpc) is 3.50. The maximum Gasteiger partial charge on any atom is 0.418 e. The van der Waals surface area contributed by atoms with Crippen LogP contribution in [0.25, 0.3) is 21.9 Å². The monoisotopic (exact) mass is 741 g/mol. The number of likely N-dealkylation sites (tertiary alicyclic amines) is 1. The number of para-hydroxylation sites is 1. The van der Waals surface area contributed by atoms with Crippen LogP contribution >= 0.6 is 11.6 Å². The zero-order chi connectivity index (χ0) is 36.6. The summed E-state index contributed by atoms with van der Waals surface area (Å²) < 4.78 is 43.9. The maximum atomic E-state index is 14.1. The van der Waals surface area contributed by atoms with Crippen molar-refractivity contribution in [2.75, 3.05) is 64.7 Å². The van der Waals surface area contributed by atoms with E-state index in [2.05, 4.69) is 30.8 Å². The van der Waals surface area contributed by atoms with Crippen LogP contribution in [0.15, 0.2) is 47.4 Å². The molecule has 4 N–H and O–H groups in total. The zero-order valence-electron chi connectivity index (χ0n) is 28.9. The lowest BCUT2D eigenvalue weighted by Gasteiger charge is -2.42. The standard InChI is InChI=1S/C36H43ClF3N9O3/c1-41-32-26(36(38,39)40)18-22(19-27(32)37)20-29(33(50)47-16-14-46(15-17-47)23-6-10-42-11-7-23)44-34(51)48-12-8-24(9-13-48)49-30-21-43-28-5-3-2-4-25(28)31(30)45-35(49)52/h2-5,18-19,21,23-24,29,41-42H,6-17,20H2,1H3,(H,44,51)(H,45,52)/t29-/m1/s1. The molecule has 0 aliphatic carbocycles. The van der Waals surface area contributed by atoms with Crippen molar-refractivity contribution >= 4 is 51.2 Å². The van der Waals surface area contributed by atoms with Crippen molar-refractivity contribution in [3.05, 3.63) is 69.2 Å². The number of hydrogen-bond acceptors (Lipinski definition) is 7. The van der Waals surface area contributed by atoms with E-state index in [9.17, 15) is 27.6 Å². The summed E-state index contributed by atoms with van der Waals surface area (Å²) in [4.78, 5) is 54.3. The van der Waals surface area contributed by atoms with E-state index in [1.807, 2.05) is 24.3 Å². The number of benzene rings is 2. The van der Waals surface area contributed by atoms with Gasteiger partial charge in [-0.1, -0.05) is 29.8 Å². The van der Waals surface area contributed by atoms with Gasteiger partial charge in [0.05, 0.1) is 39.0 Å². The van der Waals surface area contributed by atoms with Crippen LogP contribution in [0, 0.1) is 0 Å². The number of alkyl halides is 3. The summed E-state index contributed by atoms with van der Waals surface area (Å²) in [6.07, 6.45) is -0.120. The van der Waals surface area contributed by atoms with Gasteiger partial charge in [-0.15, -0.1) is 0 Å². The predicted molar refractivity (Wildman–Crippen MR) is 194 cm³/mol. The van der Waals surface area contributed by atoms with Crippen LogP contribution in [0.2, 0.25) is 5.02 Å². The zero-order valence-corrected chi connectivity index (χ0v) is 29.7. The van der Waals surface area contributed by atoms with E-state index in [1.165, 1.54) is 13.1 Å². The molecule has 4 aromatic rings. The first-order valence-corrected chi connectivity index (χ1v) is 18.2. The lowest BCUT2D eigenvalue weighted by atomic mass is 10.00. The number of nitrogens with one attached hydrogen (secondary N) is 4. The van der Waals surface area contributed by atoms with Crippen molar-refractivity contribution < 1.29 is 22.8 Å². The van der Waals surface area contributed by atoms with E-state index >= 15 is 0 Å². The molecule has 7 rings (SSSR count). The molecule has 16 heteroatoms. The van der Waals surface area contributed by atoms with E-state index in [-0.39, 0.29) is 40.3 Å². The molecule has 12 nitrogen and oxygen atoms in total. The molecule has 0 saturated carbocycles. The molecule has 2 aromatic heterocycles. The van der Waals surface area contributed by atoms with Crippen molar-refractivity contribution in [2.24, 2.45) is 0 Å². The summed E-state index contributed by atoms with van der Waals surface area (Å²) in [5.74, 6) is -0.347. The number of anilines is 1. The number of nitrogens with zero attached hydrogens (tertiary/aromatic N) is 5. The maximum absolute atomic E-state index is 14.1. The van der Waals surface area contributed by atoms with Gasteiger partial charge < -0.3 is 30.7 Å². The van der Waals surface area contributed by atoms with Crippen LogP contribution in [0.5, 0.6) is 0 Å². The number of urea groups is 1. The third-order valence-electron chi connectivity index (χ3n) is 10.8. The van der Waals surface area contributed by atoms with Crippen LogP contribution in [-0.4, -0.2) is 113 Å². The number of rotatable bonds is 7. The summed E-state index contributed by atoms with van der Waals surface area (Å²) in [6, 6.07) is 8.63. The van der Waals surface area contributed by atoms with Crippen molar-refractivity contribution in [2.45, 2.75) is 56.4 Å². The van der Waals surface area contributed by atoms with Crippen LogP contribution in [0.3, 0.4) is 0 Å². The molecule has 3 aliphatic heterocycles. The highest BCUT2D eigenvalue weighted by Crippen LogP contribution is 2.39. The summed E-state index contributed by atoms with van der Waals surface area (Å²) in [6.45, 7) is 4.82. The molecular weight excluding hydrogens is 699 g/mol. The Labute approximate surface area is 303 Å². The lowest BCUT2D eigenvalue weighted by Crippen LogP contribution is -2.59. The molecule has 3 aliphatic rings. The van der Waals surface area contributed by atoms with E-state index in [1.54, 1.807) is 20.6 Å². The molecule has 3 amide bonds. The summed E-state index contributed by atoms with van der Waals surface area (Å²) in [5.41, 5.74) is 0.926. The van der Waals surface area contributed by atoms with Crippen LogP contribution in [-0.2, 0) is 17.4 Å². The number of aromatic nitrogens is 3. The molecule has 278 valence electrons. The number of halogens is 4. The first-order valence-electron chi connectivity index (χ1n) is 17.9. The highest BCUT2D eigenvalue weighted by atomic mass is 35.5. The second-order valence-corrected chi connectivity index (χ2v) is 14.3. The number of carbonyl (C=O) groups excluding carboxylic acids is 2. The van der Waals surface area contributed by atoms with Crippen molar-refractivity contribution in [3.8, 4) is 0 Å². The molecule has 0 bridgehead atoms. The lowest BCUT2D eigenvalue weighted by molar-refractivity contribution is -0.137.